The van der Waals surface area contributed by atoms with Crippen LogP contribution in [0.4, 0.5) is 0 Å². The Morgan fingerprint density at radius 2 is 1.72 bits per heavy atom. The molecule has 1 fully saturated rings. The number of carbonyl (C=O) groups excluding carboxylic acids is 1. The molecular weight excluding hydrogens is 560 g/mol. The second kappa shape index (κ2) is 16.9. The molecule has 0 unspecified atom stereocenters. The minimum atomic E-state index is -1.83. The lowest BCUT2D eigenvalue weighted by Gasteiger charge is -2.34. The van der Waals surface area contributed by atoms with Crippen LogP contribution >= 0.6 is 0 Å². The maximum Gasteiger partial charge on any atom is 0.309 e. The Morgan fingerprint density at radius 1 is 1.09 bits per heavy atom. The molecule has 1 heterocycles. The van der Waals surface area contributed by atoms with Gasteiger partial charge in [0.25, 0.3) is 0 Å². The Labute approximate surface area is 262 Å². The fourth-order valence-electron chi connectivity index (χ4n) is 5.26. The van der Waals surface area contributed by atoms with Crippen LogP contribution in [0.1, 0.15) is 93.6 Å². The van der Waals surface area contributed by atoms with Crippen molar-refractivity contribution in [3.63, 3.8) is 0 Å². The number of aliphatic hydroxyl groups is 1. The monoisotopic (exact) mass is 618 g/mol. The Balaban J connectivity index is 1.98. The topological polar surface area (TPSA) is 86.8 Å². The van der Waals surface area contributed by atoms with Crippen LogP contribution in [0.2, 0.25) is 18.1 Å². The zero-order chi connectivity index (χ0) is 32.3. The highest BCUT2D eigenvalue weighted by Gasteiger charge is 2.57. The Hall–Kier alpha value is -1.97. The van der Waals surface area contributed by atoms with E-state index in [1.54, 1.807) is 7.11 Å². The van der Waals surface area contributed by atoms with Crippen LogP contribution in [0.25, 0.3) is 0 Å². The van der Waals surface area contributed by atoms with E-state index in [4.69, 9.17) is 23.4 Å². The molecule has 1 aliphatic rings. The number of allylic oxidation sites excluding steroid dienone is 1. The van der Waals surface area contributed by atoms with Crippen molar-refractivity contribution in [1.82, 2.24) is 0 Å². The van der Waals surface area contributed by atoms with Crippen molar-refractivity contribution < 1.29 is 33.3 Å². The fraction of sp³-hybridized carbons (Fsp3) is 0.686. The van der Waals surface area contributed by atoms with Crippen molar-refractivity contribution in [2.45, 2.75) is 142 Å². The minimum Gasteiger partial charge on any atom is -0.497 e. The molecule has 0 aromatic heterocycles. The Morgan fingerprint density at radius 3 is 2.28 bits per heavy atom. The number of esters is 1. The number of epoxide rings is 1. The molecule has 244 valence electrons. The predicted octanol–water partition coefficient (Wildman–Crippen LogP) is 7.92. The third-order valence-electron chi connectivity index (χ3n) is 8.69. The molecule has 1 aromatic rings. The van der Waals surface area contributed by atoms with E-state index < -0.39 is 31.6 Å². The first-order valence-corrected chi connectivity index (χ1v) is 18.5. The standard InChI is InChI=1S/C35H58O7Si/c1-11-43(12-2,13-3)42-30(20-14-26(4)22-23-39-25-28-16-18-29(38-10)19-17-28)27(5)15-21-32-35(9,40-32)31(36)24-33(37)41-34(6,7)8/h15-19,22,30-32,36H,11-14,20-21,23-25H2,1-10H3/b26-22+,27-15+/t30-,31-,32-,35-/m0/s1. The van der Waals surface area contributed by atoms with Crippen molar-refractivity contribution in [2.24, 2.45) is 0 Å². The lowest BCUT2D eigenvalue weighted by molar-refractivity contribution is -0.158. The van der Waals surface area contributed by atoms with Gasteiger partial charge in [-0.25, -0.2) is 0 Å². The number of benzene rings is 1. The summed E-state index contributed by atoms with van der Waals surface area (Å²) >= 11 is 0. The van der Waals surface area contributed by atoms with Gasteiger partial charge in [0.15, 0.2) is 8.32 Å². The summed E-state index contributed by atoms with van der Waals surface area (Å²) < 4.78 is 29.4. The molecule has 0 bridgehead atoms. The molecule has 1 aliphatic heterocycles. The first-order chi connectivity index (χ1) is 20.2. The first kappa shape index (κ1) is 37.2. The smallest absolute Gasteiger partial charge is 0.309 e. The number of hydrogen-bond acceptors (Lipinski definition) is 7. The fourth-order valence-corrected chi connectivity index (χ4v) is 8.16. The highest BCUT2D eigenvalue weighted by molar-refractivity contribution is 6.73. The van der Waals surface area contributed by atoms with Crippen molar-refractivity contribution in [2.75, 3.05) is 13.7 Å². The summed E-state index contributed by atoms with van der Waals surface area (Å²) in [5, 5.41) is 10.7. The highest BCUT2D eigenvalue weighted by atomic mass is 28.4. The number of hydrogen-bond donors (Lipinski definition) is 1. The van der Waals surface area contributed by atoms with Crippen LogP contribution in [0.15, 0.2) is 47.6 Å². The molecule has 8 heteroatoms. The third-order valence-corrected chi connectivity index (χ3v) is 13.3. The molecule has 1 aromatic carbocycles. The van der Waals surface area contributed by atoms with E-state index in [1.165, 1.54) is 11.1 Å². The van der Waals surface area contributed by atoms with E-state index in [9.17, 15) is 9.90 Å². The average molecular weight is 619 g/mol. The van der Waals surface area contributed by atoms with E-state index in [0.29, 0.717) is 19.6 Å². The maximum absolute atomic E-state index is 12.2. The minimum absolute atomic E-state index is 0.0341. The van der Waals surface area contributed by atoms with Gasteiger partial charge < -0.3 is 28.5 Å². The zero-order valence-electron chi connectivity index (χ0n) is 28.5. The van der Waals surface area contributed by atoms with Gasteiger partial charge in [0.2, 0.25) is 0 Å². The molecule has 7 nitrogen and oxygen atoms in total. The highest BCUT2D eigenvalue weighted by Crippen LogP contribution is 2.43. The van der Waals surface area contributed by atoms with Gasteiger partial charge in [-0.1, -0.05) is 50.6 Å². The third kappa shape index (κ3) is 12.1. The van der Waals surface area contributed by atoms with E-state index in [1.807, 2.05) is 52.0 Å². The van der Waals surface area contributed by atoms with Gasteiger partial charge in [-0.3, -0.25) is 4.79 Å². The van der Waals surface area contributed by atoms with Crippen LogP contribution in [-0.2, 0) is 30.0 Å². The molecule has 0 saturated carbocycles. The summed E-state index contributed by atoms with van der Waals surface area (Å²) in [4.78, 5) is 12.2. The van der Waals surface area contributed by atoms with E-state index in [2.05, 4.69) is 46.8 Å². The molecule has 0 spiro atoms. The zero-order valence-corrected chi connectivity index (χ0v) is 29.5. The number of rotatable bonds is 19. The second-order valence-corrected chi connectivity index (χ2v) is 17.8. The van der Waals surface area contributed by atoms with Crippen LogP contribution in [-0.4, -0.2) is 62.6 Å². The molecule has 1 saturated heterocycles. The lowest BCUT2D eigenvalue weighted by Crippen LogP contribution is -2.40. The molecule has 0 amide bonds. The maximum atomic E-state index is 12.2. The Kier molecular flexibility index (Phi) is 14.6. The van der Waals surface area contributed by atoms with Crippen molar-refractivity contribution in [1.29, 1.82) is 0 Å². The van der Waals surface area contributed by atoms with Crippen LogP contribution in [0, 0.1) is 0 Å². The SMILES string of the molecule is CC[Si](CC)(CC)O[C@@H](CC/C(C)=C/COCc1ccc(OC)cc1)/C(C)=C/C[C@@H]1O[C@@]1(C)[C@@H](O)CC(=O)OC(C)(C)C. The summed E-state index contributed by atoms with van der Waals surface area (Å²) in [7, 11) is -0.165. The normalized spacial score (nSPS) is 21.0. The number of carbonyl (C=O) groups is 1. The van der Waals surface area contributed by atoms with E-state index in [-0.39, 0.29) is 18.6 Å². The van der Waals surface area contributed by atoms with Gasteiger partial charge in [-0.2, -0.15) is 0 Å². The van der Waals surface area contributed by atoms with Crippen LogP contribution in [0.5, 0.6) is 5.75 Å². The van der Waals surface area contributed by atoms with Gasteiger partial charge in [0.05, 0.1) is 45.1 Å². The Bertz CT molecular complexity index is 1050. The summed E-state index contributed by atoms with van der Waals surface area (Å²) in [6.45, 7) is 19.6. The van der Waals surface area contributed by atoms with Crippen molar-refractivity contribution in [3.8, 4) is 5.75 Å². The van der Waals surface area contributed by atoms with Gasteiger partial charge in [0.1, 0.15) is 17.0 Å². The summed E-state index contributed by atoms with van der Waals surface area (Å²) in [5.41, 5.74) is 2.28. The van der Waals surface area contributed by atoms with E-state index >= 15 is 0 Å². The number of ether oxygens (including phenoxy) is 4. The molecule has 0 radical (unpaired) electrons. The molecule has 0 aliphatic carbocycles. The van der Waals surface area contributed by atoms with Gasteiger partial charge >= 0.3 is 5.97 Å². The van der Waals surface area contributed by atoms with Crippen molar-refractivity contribution >= 4 is 14.3 Å². The number of methoxy groups -OCH3 is 1. The molecule has 2 rings (SSSR count). The predicted molar refractivity (Wildman–Crippen MR) is 176 cm³/mol. The molecule has 4 atom stereocenters. The first-order valence-electron chi connectivity index (χ1n) is 16.0. The summed E-state index contributed by atoms with van der Waals surface area (Å²) in [6, 6.07) is 11.2. The van der Waals surface area contributed by atoms with Gasteiger partial charge in [-0.15, -0.1) is 0 Å². The summed E-state index contributed by atoms with van der Waals surface area (Å²) in [6.07, 6.45) is 5.77. The summed E-state index contributed by atoms with van der Waals surface area (Å²) in [5.74, 6) is 0.432. The van der Waals surface area contributed by atoms with Gasteiger partial charge in [0, 0.05) is 0 Å². The van der Waals surface area contributed by atoms with E-state index in [0.717, 1.165) is 42.3 Å². The largest absolute Gasteiger partial charge is 0.497 e. The van der Waals surface area contributed by atoms with Crippen molar-refractivity contribution in [3.05, 3.63) is 53.1 Å². The molecule has 1 N–H and O–H groups in total. The molecular formula is C35H58O7Si. The van der Waals surface area contributed by atoms with Gasteiger partial charge in [-0.05, 0) is 102 Å². The molecule has 43 heavy (non-hydrogen) atoms. The second-order valence-electron chi connectivity index (χ2n) is 13.1. The quantitative estimate of drug-likeness (QED) is 0.0554. The lowest BCUT2D eigenvalue weighted by atomic mass is 9.95. The van der Waals surface area contributed by atoms with Crippen LogP contribution < -0.4 is 4.74 Å². The van der Waals surface area contributed by atoms with Crippen LogP contribution in [0.3, 0.4) is 0 Å². The average Bonchev–Trinajstić information content (AvgIpc) is 3.64. The number of aliphatic hydroxyl groups excluding tert-OH is 1.